The molecular weight excluding hydrogens is 236 g/mol. The molecule has 0 amide bonds. The zero-order chi connectivity index (χ0) is 13.1. The maximum atomic E-state index is 5.46. The zero-order valence-electron chi connectivity index (χ0n) is 10.4. The first kappa shape index (κ1) is 12.1. The average Bonchev–Trinajstić information content (AvgIpc) is 2.83. The fraction of sp³-hybridized carbons (Fsp3) is 0.250. The summed E-state index contributed by atoms with van der Waals surface area (Å²) in [5, 5.41) is 0. The van der Waals surface area contributed by atoms with Gasteiger partial charge in [0.2, 0.25) is 0 Å². The van der Waals surface area contributed by atoms with E-state index in [1.54, 1.807) is 33.5 Å². The second kappa shape index (κ2) is 4.87. The van der Waals surface area contributed by atoms with Gasteiger partial charge < -0.3 is 24.4 Å². The summed E-state index contributed by atoms with van der Waals surface area (Å²) in [6, 6.07) is 3.58. The smallest absolute Gasteiger partial charge is 0.292 e. The number of methoxy groups -OCH3 is 3. The van der Waals surface area contributed by atoms with Crippen molar-refractivity contribution in [3.8, 4) is 28.5 Å². The number of hydrogen-bond acceptors (Lipinski definition) is 6. The molecule has 6 nitrogen and oxygen atoms in total. The van der Waals surface area contributed by atoms with Gasteiger partial charge in [-0.2, -0.15) is 4.98 Å². The van der Waals surface area contributed by atoms with Crippen LogP contribution in [-0.2, 0) is 0 Å². The Morgan fingerprint density at radius 3 is 2.11 bits per heavy atom. The molecule has 1 heterocycles. The molecule has 2 aromatic rings. The van der Waals surface area contributed by atoms with Gasteiger partial charge in [-0.15, -0.1) is 0 Å². The molecule has 96 valence electrons. The standard InChI is InChI=1S/C12H14N2O4/c1-15-9-5-11(17-3)10(16-2)4-7(9)8-6-18-12(13)14-8/h4-6H,1-3H3,(H2,13,14). The van der Waals surface area contributed by atoms with Crippen LogP contribution in [0, 0.1) is 0 Å². The molecule has 0 aliphatic heterocycles. The van der Waals surface area contributed by atoms with E-state index in [1.807, 2.05) is 0 Å². The van der Waals surface area contributed by atoms with Crippen LogP contribution in [0.15, 0.2) is 22.8 Å². The monoisotopic (exact) mass is 250 g/mol. The van der Waals surface area contributed by atoms with Crippen molar-refractivity contribution in [3.63, 3.8) is 0 Å². The summed E-state index contributed by atoms with van der Waals surface area (Å²) >= 11 is 0. The summed E-state index contributed by atoms with van der Waals surface area (Å²) in [4.78, 5) is 4.06. The second-order valence-electron chi connectivity index (χ2n) is 3.48. The maximum Gasteiger partial charge on any atom is 0.292 e. The van der Waals surface area contributed by atoms with E-state index in [2.05, 4.69) is 4.98 Å². The average molecular weight is 250 g/mol. The van der Waals surface area contributed by atoms with E-state index >= 15 is 0 Å². The lowest BCUT2D eigenvalue weighted by Gasteiger charge is -2.12. The molecule has 2 N–H and O–H groups in total. The molecule has 2 rings (SSSR count). The molecule has 0 aliphatic carbocycles. The minimum Gasteiger partial charge on any atom is -0.496 e. The lowest BCUT2D eigenvalue weighted by molar-refractivity contribution is 0.349. The SMILES string of the molecule is COc1cc(OC)c(-c2coc(N)n2)cc1OC. The third-order valence-corrected chi connectivity index (χ3v) is 2.50. The predicted octanol–water partition coefficient (Wildman–Crippen LogP) is 1.95. The number of nitrogens with zero attached hydrogens (tertiary/aromatic N) is 1. The van der Waals surface area contributed by atoms with Gasteiger partial charge in [-0.25, -0.2) is 0 Å². The third-order valence-electron chi connectivity index (χ3n) is 2.50. The fourth-order valence-corrected chi connectivity index (χ4v) is 1.64. The molecule has 1 aromatic heterocycles. The fourth-order valence-electron chi connectivity index (χ4n) is 1.64. The van der Waals surface area contributed by atoms with Crippen LogP contribution in [0.3, 0.4) is 0 Å². The van der Waals surface area contributed by atoms with E-state index in [1.165, 1.54) is 6.26 Å². The van der Waals surface area contributed by atoms with Crippen molar-refractivity contribution in [1.82, 2.24) is 4.98 Å². The number of nitrogens with two attached hydrogens (primary N) is 1. The van der Waals surface area contributed by atoms with Gasteiger partial charge in [0.1, 0.15) is 17.7 Å². The summed E-state index contributed by atoms with van der Waals surface area (Å²) in [5.74, 6) is 1.75. The second-order valence-corrected chi connectivity index (χ2v) is 3.48. The highest BCUT2D eigenvalue weighted by atomic mass is 16.5. The summed E-state index contributed by atoms with van der Waals surface area (Å²) in [6.45, 7) is 0. The Kier molecular flexibility index (Phi) is 3.27. The molecule has 0 bridgehead atoms. The number of aromatic nitrogens is 1. The minimum absolute atomic E-state index is 0.0989. The van der Waals surface area contributed by atoms with Gasteiger partial charge in [-0.1, -0.05) is 0 Å². The number of rotatable bonds is 4. The number of ether oxygens (including phenoxy) is 3. The van der Waals surface area contributed by atoms with Crippen molar-refractivity contribution in [3.05, 3.63) is 18.4 Å². The highest BCUT2D eigenvalue weighted by Crippen LogP contribution is 2.39. The molecule has 0 saturated carbocycles. The lowest BCUT2D eigenvalue weighted by atomic mass is 10.1. The van der Waals surface area contributed by atoms with E-state index in [0.29, 0.717) is 22.9 Å². The van der Waals surface area contributed by atoms with Gasteiger partial charge in [0.15, 0.2) is 11.5 Å². The molecule has 0 radical (unpaired) electrons. The van der Waals surface area contributed by atoms with Gasteiger partial charge >= 0.3 is 0 Å². The van der Waals surface area contributed by atoms with E-state index in [4.69, 9.17) is 24.4 Å². The van der Waals surface area contributed by atoms with Crippen molar-refractivity contribution in [2.24, 2.45) is 0 Å². The molecule has 18 heavy (non-hydrogen) atoms. The van der Waals surface area contributed by atoms with Gasteiger partial charge in [-0.3, -0.25) is 0 Å². The zero-order valence-corrected chi connectivity index (χ0v) is 10.4. The lowest BCUT2D eigenvalue weighted by Crippen LogP contribution is -1.95. The van der Waals surface area contributed by atoms with Crippen molar-refractivity contribution in [2.45, 2.75) is 0 Å². The Morgan fingerprint density at radius 2 is 1.61 bits per heavy atom. The number of benzene rings is 1. The highest BCUT2D eigenvalue weighted by Gasteiger charge is 2.15. The van der Waals surface area contributed by atoms with Crippen molar-refractivity contribution in [2.75, 3.05) is 27.1 Å². The Labute approximate surface area is 104 Å². The van der Waals surface area contributed by atoms with Crippen LogP contribution < -0.4 is 19.9 Å². The first-order chi connectivity index (χ1) is 8.69. The van der Waals surface area contributed by atoms with Gasteiger partial charge in [0.05, 0.1) is 21.3 Å². The van der Waals surface area contributed by atoms with Crippen LogP contribution in [0.1, 0.15) is 0 Å². The molecule has 0 fully saturated rings. The highest BCUT2D eigenvalue weighted by molar-refractivity contribution is 5.71. The summed E-state index contributed by atoms with van der Waals surface area (Å²) in [5.41, 5.74) is 6.75. The van der Waals surface area contributed by atoms with Crippen molar-refractivity contribution in [1.29, 1.82) is 0 Å². The van der Waals surface area contributed by atoms with E-state index in [0.717, 1.165) is 5.56 Å². The van der Waals surface area contributed by atoms with E-state index in [-0.39, 0.29) is 6.01 Å². The number of oxazole rings is 1. The van der Waals surface area contributed by atoms with Gasteiger partial charge in [-0.05, 0) is 6.07 Å². The molecule has 0 saturated heterocycles. The largest absolute Gasteiger partial charge is 0.496 e. The Hall–Kier alpha value is -2.37. The Bertz CT molecular complexity index is 551. The van der Waals surface area contributed by atoms with Crippen LogP contribution in [0.5, 0.6) is 17.2 Å². The predicted molar refractivity (Wildman–Crippen MR) is 66.0 cm³/mol. The summed E-state index contributed by atoms with van der Waals surface area (Å²) in [6.07, 6.45) is 1.46. The van der Waals surface area contributed by atoms with E-state index in [9.17, 15) is 0 Å². The van der Waals surface area contributed by atoms with Crippen LogP contribution in [0.2, 0.25) is 0 Å². The topological polar surface area (TPSA) is 79.7 Å². The Morgan fingerprint density at radius 1 is 1.00 bits per heavy atom. The number of anilines is 1. The normalized spacial score (nSPS) is 10.2. The molecule has 0 aliphatic rings. The number of nitrogen functional groups attached to an aromatic ring is 1. The van der Waals surface area contributed by atoms with Gasteiger partial charge in [0, 0.05) is 11.6 Å². The van der Waals surface area contributed by atoms with E-state index < -0.39 is 0 Å². The molecular formula is C12H14N2O4. The number of hydrogen-bond donors (Lipinski definition) is 1. The van der Waals surface area contributed by atoms with Gasteiger partial charge in [0.25, 0.3) is 6.01 Å². The van der Waals surface area contributed by atoms with Crippen molar-refractivity contribution < 1.29 is 18.6 Å². The first-order valence-corrected chi connectivity index (χ1v) is 5.21. The van der Waals surface area contributed by atoms with Crippen LogP contribution in [0.4, 0.5) is 6.01 Å². The minimum atomic E-state index is 0.0989. The van der Waals surface area contributed by atoms with Crippen LogP contribution >= 0.6 is 0 Å². The molecule has 0 unspecified atom stereocenters. The molecule has 6 heteroatoms. The Balaban J connectivity index is 2.58. The molecule has 1 aromatic carbocycles. The summed E-state index contributed by atoms with van der Waals surface area (Å²) < 4.78 is 20.7. The van der Waals surface area contributed by atoms with Crippen LogP contribution in [0.25, 0.3) is 11.3 Å². The van der Waals surface area contributed by atoms with Crippen LogP contribution in [-0.4, -0.2) is 26.3 Å². The summed E-state index contributed by atoms with van der Waals surface area (Å²) in [7, 11) is 4.69. The molecule has 0 spiro atoms. The first-order valence-electron chi connectivity index (χ1n) is 5.21. The maximum absolute atomic E-state index is 5.46. The quantitative estimate of drug-likeness (QED) is 0.893. The molecule has 0 atom stereocenters. The third kappa shape index (κ3) is 2.04. The van der Waals surface area contributed by atoms with Crippen molar-refractivity contribution >= 4 is 6.01 Å².